The molecule has 4 heteroatoms. The number of hydrogen-bond donors (Lipinski definition) is 1. The van der Waals surface area contributed by atoms with Crippen LogP contribution in [0, 0.1) is 0 Å². The van der Waals surface area contributed by atoms with E-state index in [-0.39, 0.29) is 6.04 Å². The van der Waals surface area contributed by atoms with Gasteiger partial charge in [-0.2, -0.15) is 0 Å². The number of rotatable bonds is 2. The molecule has 0 amide bonds. The molecular formula is C12H16Cl2N2. The van der Waals surface area contributed by atoms with Crippen molar-refractivity contribution in [2.24, 2.45) is 5.73 Å². The molecule has 2 rings (SSSR count). The van der Waals surface area contributed by atoms with Gasteiger partial charge < -0.3 is 5.73 Å². The minimum absolute atomic E-state index is 0.288. The molecule has 1 aliphatic heterocycles. The van der Waals surface area contributed by atoms with Crippen molar-refractivity contribution in [3.05, 3.63) is 35.9 Å². The van der Waals surface area contributed by atoms with Crippen molar-refractivity contribution in [2.45, 2.75) is 23.3 Å². The number of halogens is 2. The Morgan fingerprint density at radius 2 is 1.69 bits per heavy atom. The Labute approximate surface area is 106 Å². The van der Waals surface area contributed by atoms with E-state index in [0.29, 0.717) is 0 Å². The molecule has 1 saturated heterocycles. The summed E-state index contributed by atoms with van der Waals surface area (Å²) < 4.78 is -0.929. The number of piperidine rings is 1. The number of benzene rings is 1. The highest BCUT2D eigenvalue weighted by Crippen LogP contribution is 2.38. The average Bonchev–Trinajstić information content (AvgIpc) is 2.31. The van der Waals surface area contributed by atoms with Crippen molar-refractivity contribution in [3.8, 4) is 0 Å². The molecule has 1 aromatic rings. The SMILES string of the molecule is NC1CCN(C(Cl)(Cl)c2ccccc2)CC1. The fraction of sp³-hybridized carbons (Fsp3) is 0.500. The second-order valence-corrected chi connectivity index (χ2v) is 5.52. The molecule has 0 atom stereocenters. The molecule has 1 aliphatic rings. The van der Waals surface area contributed by atoms with Crippen LogP contribution in [0.1, 0.15) is 18.4 Å². The Morgan fingerprint density at radius 1 is 1.12 bits per heavy atom. The fourth-order valence-electron chi connectivity index (χ4n) is 2.00. The van der Waals surface area contributed by atoms with Crippen molar-refractivity contribution in [2.75, 3.05) is 13.1 Å². The monoisotopic (exact) mass is 258 g/mol. The Balaban J connectivity index is 2.13. The molecule has 0 saturated carbocycles. The van der Waals surface area contributed by atoms with Crippen LogP contribution in [0.2, 0.25) is 0 Å². The molecule has 2 N–H and O–H groups in total. The third-order valence-electron chi connectivity index (χ3n) is 3.06. The Hall–Kier alpha value is -0.280. The summed E-state index contributed by atoms with van der Waals surface area (Å²) in [6.45, 7) is 1.70. The third-order valence-corrected chi connectivity index (χ3v) is 3.97. The van der Waals surface area contributed by atoms with Gasteiger partial charge in [0.2, 0.25) is 0 Å². The molecule has 1 aromatic carbocycles. The smallest absolute Gasteiger partial charge is 0.197 e. The summed E-state index contributed by atoms with van der Waals surface area (Å²) in [6, 6.07) is 10.0. The Bertz CT molecular complexity index is 332. The summed E-state index contributed by atoms with van der Waals surface area (Å²) in [7, 11) is 0. The first-order chi connectivity index (χ1) is 7.60. The summed E-state index contributed by atoms with van der Waals surface area (Å²) in [6.07, 6.45) is 1.90. The summed E-state index contributed by atoms with van der Waals surface area (Å²) in [4.78, 5) is 2.08. The minimum atomic E-state index is -0.929. The highest BCUT2D eigenvalue weighted by Gasteiger charge is 2.35. The second kappa shape index (κ2) is 4.92. The van der Waals surface area contributed by atoms with Gasteiger partial charge in [-0.1, -0.05) is 53.5 Å². The van der Waals surface area contributed by atoms with Crippen LogP contribution in [0.15, 0.2) is 30.3 Å². The second-order valence-electron chi connectivity index (χ2n) is 4.23. The first kappa shape index (κ1) is 12.2. The summed E-state index contributed by atoms with van der Waals surface area (Å²) in [5.41, 5.74) is 6.79. The Kier molecular flexibility index (Phi) is 3.75. The van der Waals surface area contributed by atoms with Crippen LogP contribution >= 0.6 is 23.2 Å². The molecule has 1 fully saturated rings. The van der Waals surface area contributed by atoms with Crippen LogP contribution in [0.4, 0.5) is 0 Å². The number of likely N-dealkylation sites (tertiary alicyclic amines) is 1. The molecular weight excluding hydrogens is 243 g/mol. The first-order valence-corrected chi connectivity index (χ1v) is 6.30. The molecule has 1 heterocycles. The lowest BCUT2D eigenvalue weighted by Crippen LogP contribution is -2.46. The Morgan fingerprint density at radius 3 is 2.25 bits per heavy atom. The number of hydrogen-bond acceptors (Lipinski definition) is 2. The van der Waals surface area contributed by atoms with Gasteiger partial charge in [0.05, 0.1) is 0 Å². The van der Waals surface area contributed by atoms with Gasteiger partial charge in [0.15, 0.2) is 4.46 Å². The van der Waals surface area contributed by atoms with Crippen molar-refractivity contribution in [1.82, 2.24) is 4.90 Å². The topological polar surface area (TPSA) is 29.3 Å². The normalized spacial score (nSPS) is 19.9. The quantitative estimate of drug-likeness (QED) is 0.653. The van der Waals surface area contributed by atoms with E-state index in [1.165, 1.54) is 0 Å². The molecule has 0 radical (unpaired) electrons. The predicted molar refractivity (Wildman–Crippen MR) is 68.6 cm³/mol. The maximum Gasteiger partial charge on any atom is 0.197 e. The number of nitrogens with zero attached hydrogens (tertiary/aromatic N) is 1. The van der Waals surface area contributed by atoms with Gasteiger partial charge in [-0.3, -0.25) is 4.90 Å². The zero-order chi connectivity index (χ0) is 11.6. The van der Waals surface area contributed by atoms with Crippen LogP contribution in [-0.2, 0) is 4.46 Å². The average molecular weight is 259 g/mol. The number of alkyl halides is 2. The fourth-order valence-corrected chi connectivity index (χ4v) is 2.59. The summed E-state index contributed by atoms with van der Waals surface area (Å²) in [5.74, 6) is 0. The zero-order valence-corrected chi connectivity index (χ0v) is 10.6. The largest absolute Gasteiger partial charge is 0.328 e. The maximum atomic E-state index is 6.44. The van der Waals surface area contributed by atoms with E-state index in [9.17, 15) is 0 Å². The predicted octanol–water partition coefficient (Wildman–Crippen LogP) is 2.70. The van der Waals surface area contributed by atoms with E-state index >= 15 is 0 Å². The third kappa shape index (κ3) is 2.51. The van der Waals surface area contributed by atoms with E-state index in [1.54, 1.807) is 0 Å². The van der Waals surface area contributed by atoms with Gasteiger partial charge >= 0.3 is 0 Å². The van der Waals surface area contributed by atoms with Crippen LogP contribution in [0.5, 0.6) is 0 Å². The highest BCUT2D eigenvalue weighted by molar-refractivity contribution is 6.47. The van der Waals surface area contributed by atoms with Crippen molar-refractivity contribution < 1.29 is 0 Å². The van der Waals surface area contributed by atoms with Gasteiger partial charge in [0.25, 0.3) is 0 Å². The standard InChI is InChI=1S/C12H16Cl2N2/c13-12(14,10-4-2-1-3-5-10)16-8-6-11(15)7-9-16/h1-5,11H,6-9,15H2. The molecule has 0 aliphatic carbocycles. The van der Waals surface area contributed by atoms with Crippen molar-refractivity contribution in [3.63, 3.8) is 0 Å². The van der Waals surface area contributed by atoms with Gasteiger partial charge in [0, 0.05) is 24.7 Å². The summed E-state index contributed by atoms with van der Waals surface area (Å²) in [5, 5.41) is 0. The molecule has 0 bridgehead atoms. The number of nitrogens with two attached hydrogens (primary N) is 1. The van der Waals surface area contributed by atoms with Crippen LogP contribution in [-0.4, -0.2) is 24.0 Å². The van der Waals surface area contributed by atoms with Gasteiger partial charge in [-0.15, -0.1) is 0 Å². The molecule has 2 nitrogen and oxygen atoms in total. The highest BCUT2D eigenvalue weighted by atomic mass is 35.5. The van der Waals surface area contributed by atoms with Gasteiger partial charge in [-0.05, 0) is 12.8 Å². The van der Waals surface area contributed by atoms with Crippen molar-refractivity contribution in [1.29, 1.82) is 0 Å². The molecule has 0 aromatic heterocycles. The summed E-state index contributed by atoms with van der Waals surface area (Å²) >= 11 is 12.9. The molecule has 16 heavy (non-hydrogen) atoms. The lowest BCUT2D eigenvalue weighted by atomic mass is 10.1. The van der Waals surface area contributed by atoms with Crippen LogP contribution < -0.4 is 5.73 Å². The van der Waals surface area contributed by atoms with E-state index in [4.69, 9.17) is 28.9 Å². The van der Waals surface area contributed by atoms with E-state index in [2.05, 4.69) is 4.90 Å². The van der Waals surface area contributed by atoms with E-state index in [1.807, 2.05) is 30.3 Å². The molecule has 0 unspecified atom stereocenters. The molecule has 0 spiro atoms. The van der Waals surface area contributed by atoms with Crippen LogP contribution in [0.3, 0.4) is 0 Å². The van der Waals surface area contributed by atoms with Crippen LogP contribution in [0.25, 0.3) is 0 Å². The lowest BCUT2D eigenvalue weighted by molar-refractivity contribution is 0.173. The first-order valence-electron chi connectivity index (χ1n) is 5.54. The minimum Gasteiger partial charge on any atom is -0.328 e. The lowest BCUT2D eigenvalue weighted by Gasteiger charge is -2.38. The van der Waals surface area contributed by atoms with Gasteiger partial charge in [0.1, 0.15) is 0 Å². The van der Waals surface area contributed by atoms with E-state index < -0.39 is 4.46 Å². The zero-order valence-electron chi connectivity index (χ0n) is 9.07. The van der Waals surface area contributed by atoms with Crippen molar-refractivity contribution >= 4 is 23.2 Å². The molecule has 88 valence electrons. The van der Waals surface area contributed by atoms with E-state index in [0.717, 1.165) is 31.5 Å². The maximum absolute atomic E-state index is 6.44. The van der Waals surface area contributed by atoms with Gasteiger partial charge in [-0.25, -0.2) is 0 Å².